The van der Waals surface area contributed by atoms with Crippen molar-refractivity contribution in [3.05, 3.63) is 11.8 Å². The number of quaternary nitrogens is 1. The third-order valence-electron chi connectivity index (χ3n) is 1.63. The van der Waals surface area contributed by atoms with E-state index in [1.807, 2.05) is 28.1 Å². The molecule has 1 atom stereocenters. The Morgan fingerprint density at radius 1 is 1.47 bits per heavy atom. The lowest BCUT2D eigenvalue weighted by atomic mass is 10.3. The lowest BCUT2D eigenvalue weighted by Gasteiger charge is -2.27. The van der Waals surface area contributed by atoms with E-state index in [1.54, 1.807) is 0 Å². The first-order valence-electron chi connectivity index (χ1n) is 4.58. The van der Waals surface area contributed by atoms with Crippen molar-refractivity contribution in [3.63, 3.8) is 0 Å². The fraction of sp³-hybridized carbons (Fsp3) is 0.700. The Balaban J connectivity index is 0. The van der Waals surface area contributed by atoms with E-state index in [1.165, 1.54) is 6.92 Å². The number of nitrogens with zero attached hydrogens (tertiary/aromatic N) is 1. The summed E-state index contributed by atoms with van der Waals surface area (Å²) in [6, 6.07) is 0. The summed E-state index contributed by atoms with van der Waals surface area (Å²) in [5, 5.41) is 8.58. The highest BCUT2D eigenvalue weighted by molar-refractivity contribution is 5.87. The fourth-order valence-electron chi connectivity index (χ4n) is 1.14. The molecule has 0 radical (unpaired) electrons. The van der Waals surface area contributed by atoms with Gasteiger partial charge in [0.2, 0.25) is 0 Å². The zero-order chi connectivity index (χ0) is 11.4. The molecule has 0 spiro atoms. The molecule has 0 aromatic rings. The highest BCUT2D eigenvalue weighted by Gasteiger charge is 2.18. The second-order valence-electron chi connectivity index (χ2n) is 4.50. The van der Waals surface area contributed by atoms with Crippen LogP contribution in [0.3, 0.4) is 0 Å². The van der Waals surface area contributed by atoms with Gasteiger partial charge in [0, 0.05) is 0 Å². The number of rotatable bonds is 4. The number of hydrogen-bond donors (Lipinski definition) is 1. The summed E-state index contributed by atoms with van der Waals surface area (Å²) in [6.45, 7) is 4.09. The molecule has 0 bridgehead atoms. The number of likely N-dealkylation sites (N-methyl/N-ethyl adjacent to an activating group) is 1. The first-order valence-corrected chi connectivity index (χ1v) is 4.58. The van der Waals surface area contributed by atoms with E-state index >= 15 is 0 Å². The van der Waals surface area contributed by atoms with Gasteiger partial charge in [-0.1, -0.05) is 0 Å². The van der Waals surface area contributed by atoms with Crippen LogP contribution in [0.2, 0.25) is 0 Å². The SMILES string of the molecule is C/C(=C\O)C(=O)OC(C)C[N+](C)(C)C.[Cl-]. The molecule has 0 aliphatic carbocycles. The van der Waals surface area contributed by atoms with E-state index in [0.29, 0.717) is 0 Å². The molecule has 0 rings (SSSR count). The molecule has 0 aromatic carbocycles. The normalized spacial score (nSPS) is 14.1. The van der Waals surface area contributed by atoms with Gasteiger partial charge in [-0.05, 0) is 13.8 Å². The van der Waals surface area contributed by atoms with Gasteiger partial charge in [0.05, 0.1) is 33.0 Å². The molecule has 4 nitrogen and oxygen atoms in total. The minimum atomic E-state index is -0.464. The first kappa shape index (κ1) is 16.7. The molecule has 5 heteroatoms. The molecule has 0 aromatic heterocycles. The number of aliphatic hydroxyl groups excluding tert-OH is 1. The molecule has 90 valence electrons. The van der Waals surface area contributed by atoms with Crippen molar-refractivity contribution in [1.82, 2.24) is 0 Å². The van der Waals surface area contributed by atoms with Gasteiger partial charge >= 0.3 is 5.97 Å². The van der Waals surface area contributed by atoms with Gasteiger partial charge in [-0.2, -0.15) is 0 Å². The van der Waals surface area contributed by atoms with Crippen LogP contribution in [-0.2, 0) is 9.53 Å². The van der Waals surface area contributed by atoms with Crippen molar-refractivity contribution in [2.75, 3.05) is 27.7 Å². The molecule has 0 aliphatic heterocycles. The van der Waals surface area contributed by atoms with E-state index < -0.39 is 5.97 Å². The van der Waals surface area contributed by atoms with Crippen LogP contribution in [0.1, 0.15) is 13.8 Å². The summed E-state index contributed by atoms with van der Waals surface area (Å²) in [5.41, 5.74) is 0.221. The Morgan fingerprint density at radius 3 is 2.27 bits per heavy atom. The van der Waals surface area contributed by atoms with Gasteiger partial charge in [0.15, 0.2) is 0 Å². The molecular formula is C10H20ClNO3. The predicted octanol–water partition coefficient (Wildman–Crippen LogP) is -1.91. The Hall–Kier alpha value is -0.740. The molecule has 0 amide bonds. The molecule has 0 fully saturated rings. The van der Waals surface area contributed by atoms with Crippen molar-refractivity contribution in [2.45, 2.75) is 20.0 Å². The summed E-state index contributed by atoms with van der Waals surface area (Å²) in [4.78, 5) is 11.2. The Bertz CT molecular complexity index is 233. The minimum absolute atomic E-state index is 0. The monoisotopic (exact) mass is 237 g/mol. The third-order valence-corrected chi connectivity index (χ3v) is 1.63. The Labute approximate surface area is 97.5 Å². The highest BCUT2D eigenvalue weighted by Crippen LogP contribution is 2.03. The number of esters is 1. The summed E-state index contributed by atoms with van der Waals surface area (Å²) in [6.07, 6.45) is 0.610. The lowest BCUT2D eigenvalue weighted by molar-refractivity contribution is -0.873. The summed E-state index contributed by atoms with van der Waals surface area (Å²) >= 11 is 0. The lowest BCUT2D eigenvalue weighted by Crippen LogP contribution is -3.00. The second kappa shape index (κ2) is 6.69. The number of hydrogen-bond acceptors (Lipinski definition) is 3. The van der Waals surface area contributed by atoms with Gasteiger partial charge in [0.1, 0.15) is 12.6 Å². The van der Waals surface area contributed by atoms with Crippen molar-refractivity contribution >= 4 is 5.97 Å². The van der Waals surface area contributed by atoms with Crippen molar-refractivity contribution in [2.24, 2.45) is 0 Å². The quantitative estimate of drug-likeness (QED) is 0.269. The summed E-state index contributed by atoms with van der Waals surface area (Å²) in [5.74, 6) is -0.464. The number of carbonyl (C=O) groups is 1. The van der Waals surface area contributed by atoms with E-state index in [4.69, 9.17) is 9.84 Å². The van der Waals surface area contributed by atoms with Crippen molar-refractivity contribution in [3.8, 4) is 0 Å². The highest BCUT2D eigenvalue weighted by atomic mass is 35.5. The number of carbonyl (C=O) groups excluding carboxylic acids is 1. The summed E-state index contributed by atoms with van der Waals surface area (Å²) < 4.78 is 5.83. The van der Waals surface area contributed by atoms with Crippen LogP contribution in [0.5, 0.6) is 0 Å². The van der Waals surface area contributed by atoms with Gasteiger partial charge in [0.25, 0.3) is 0 Å². The average Bonchev–Trinajstić information content (AvgIpc) is 1.99. The van der Waals surface area contributed by atoms with Crippen LogP contribution in [0.4, 0.5) is 0 Å². The molecule has 1 N–H and O–H groups in total. The summed E-state index contributed by atoms with van der Waals surface area (Å²) in [7, 11) is 6.08. The number of ether oxygens (including phenoxy) is 1. The smallest absolute Gasteiger partial charge is 0.337 e. The average molecular weight is 238 g/mol. The first-order chi connectivity index (χ1) is 6.26. The maximum absolute atomic E-state index is 11.2. The third kappa shape index (κ3) is 8.27. The molecule has 0 heterocycles. The van der Waals surface area contributed by atoms with Crippen LogP contribution in [0.25, 0.3) is 0 Å². The molecular weight excluding hydrogens is 218 g/mol. The minimum Gasteiger partial charge on any atom is -1.00 e. The van der Waals surface area contributed by atoms with Crippen LogP contribution in [0, 0.1) is 0 Å². The second-order valence-corrected chi connectivity index (χ2v) is 4.50. The van der Waals surface area contributed by atoms with Gasteiger partial charge in [-0.15, -0.1) is 0 Å². The molecule has 0 saturated carbocycles. The van der Waals surface area contributed by atoms with Gasteiger partial charge < -0.3 is 26.7 Å². The van der Waals surface area contributed by atoms with E-state index in [0.717, 1.165) is 17.3 Å². The molecule has 0 saturated heterocycles. The Kier molecular flexibility index (Phi) is 7.44. The molecule has 15 heavy (non-hydrogen) atoms. The van der Waals surface area contributed by atoms with Crippen molar-refractivity contribution < 1.29 is 31.5 Å². The van der Waals surface area contributed by atoms with Crippen LogP contribution in [0.15, 0.2) is 11.8 Å². The largest absolute Gasteiger partial charge is 1.00 e. The standard InChI is InChI=1S/C10H19NO3.ClH/c1-8(7-12)10(13)14-9(2)6-11(3,4)5;/h7,9H,6H2,1-5H3;1H. The van der Waals surface area contributed by atoms with Gasteiger partial charge in [-0.25, -0.2) is 4.79 Å². The predicted molar refractivity (Wildman–Crippen MR) is 54.8 cm³/mol. The van der Waals surface area contributed by atoms with Crippen LogP contribution in [-0.4, -0.2) is 49.4 Å². The van der Waals surface area contributed by atoms with E-state index in [2.05, 4.69) is 0 Å². The number of halogens is 1. The van der Waals surface area contributed by atoms with Crippen LogP contribution >= 0.6 is 0 Å². The zero-order valence-corrected chi connectivity index (χ0v) is 10.7. The number of aliphatic hydroxyl groups is 1. The van der Waals surface area contributed by atoms with E-state index in [9.17, 15) is 4.79 Å². The fourth-order valence-corrected chi connectivity index (χ4v) is 1.14. The maximum Gasteiger partial charge on any atom is 0.337 e. The zero-order valence-electron chi connectivity index (χ0n) is 9.95. The molecule has 0 aliphatic rings. The Morgan fingerprint density at radius 2 is 1.93 bits per heavy atom. The van der Waals surface area contributed by atoms with Crippen LogP contribution < -0.4 is 12.4 Å². The van der Waals surface area contributed by atoms with Gasteiger partial charge in [-0.3, -0.25) is 0 Å². The van der Waals surface area contributed by atoms with Crippen molar-refractivity contribution in [1.29, 1.82) is 0 Å². The maximum atomic E-state index is 11.2. The topological polar surface area (TPSA) is 46.5 Å². The van der Waals surface area contributed by atoms with E-state index in [-0.39, 0.29) is 24.1 Å². The molecule has 1 unspecified atom stereocenters.